The van der Waals surface area contributed by atoms with E-state index in [1.54, 1.807) is 12.1 Å². The van der Waals surface area contributed by atoms with Crippen LogP contribution in [0.25, 0.3) is 0 Å². The average molecular weight is 280 g/mol. The van der Waals surface area contributed by atoms with Gasteiger partial charge in [0.1, 0.15) is 21.2 Å². The number of rotatable bonds is 6. The predicted molar refractivity (Wildman–Crippen MR) is 81.9 cm³/mol. The van der Waals surface area contributed by atoms with Crippen LogP contribution in [0.5, 0.6) is 0 Å². The molecule has 0 aromatic heterocycles. The second-order valence-electron chi connectivity index (χ2n) is 6.88. The summed E-state index contributed by atoms with van der Waals surface area (Å²) in [6, 6.07) is 9.16. The molecular formula is C15H26NO2Si+. The maximum atomic E-state index is 11.8. The molecule has 106 valence electrons. The number of esters is 1. The molecule has 0 amide bonds. The third kappa shape index (κ3) is 6.54. The molecule has 1 aromatic carbocycles. The van der Waals surface area contributed by atoms with Gasteiger partial charge in [-0.3, -0.25) is 0 Å². The summed E-state index contributed by atoms with van der Waals surface area (Å²) in [5.41, 5.74) is 0.623. The van der Waals surface area contributed by atoms with Crippen molar-refractivity contribution in [2.45, 2.75) is 19.6 Å². The Kier molecular flexibility index (Phi) is 5.32. The summed E-state index contributed by atoms with van der Waals surface area (Å²) in [5.74, 6) is -0.228. The SMILES string of the molecule is C[N+](C)(CCOC(=O)c1ccccc1)C[Si](C)(C)C. The van der Waals surface area contributed by atoms with E-state index >= 15 is 0 Å². The summed E-state index contributed by atoms with van der Waals surface area (Å²) >= 11 is 0. The smallest absolute Gasteiger partial charge is 0.338 e. The van der Waals surface area contributed by atoms with Gasteiger partial charge in [0.2, 0.25) is 0 Å². The Hall–Kier alpha value is -1.13. The molecule has 4 heteroatoms. The summed E-state index contributed by atoms with van der Waals surface area (Å²) < 4.78 is 6.25. The van der Waals surface area contributed by atoms with E-state index in [4.69, 9.17) is 4.74 Å². The summed E-state index contributed by atoms with van der Waals surface area (Å²) in [7, 11) is 3.30. The predicted octanol–water partition coefficient (Wildman–Crippen LogP) is 2.80. The fraction of sp³-hybridized carbons (Fsp3) is 0.533. The van der Waals surface area contributed by atoms with Crippen LogP contribution in [0.4, 0.5) is 0 Å². The molecule has 0 aliphatic heterocycles. The Bertz CT molecular complexity index is 410. The highest BCUT2D eigenvalue weighted by atomic mass is 28.3. The largest absolute Gasteiger partial charge is 0.456 e. The first kappa shape index (κ1) is 15.9. The highest BCUT2D eigenvalue weighted by molar-refractivity contribution is 6.75. The Morgan fingerprint density at radius 1 is 1.16 bits per heavy atom. The molecule has 1 rings (SSSR count). The lowest BCUT2D eigenvalue weighted by Gasteiger charge is -2.34. The number of hydrogen-bond acceptors (Lipinski definition) is 2. The summed E-state index contributed by atoms with van der Waals surface area (Å²) in [5, 5.41) is 0. The van der Waals surface area contributed by atoms with Crippen molar-refractivity contribution in [1.82, 2.24) is 0 Å². The molecule has 0 aliphatic rings. The number of ether oxygens (including phenoxy) is 1. The number of likely N-dealkylation sites (N-methyl/N-ethyl adjacent to an activating group) is 1. The molecule has 0 aliphatic carbocycles. The van der Waals surface area contributed by atoms with Crippen molar-refractivity contribution in [2.24, 2.45) is 0 Å². The van der Waals surface area contributed by atoms with Crippen molar-refractivity contribution in [2.75, 3.05) is 33.4 Å². The third-order valence-electron chi connectivity index (χ3n) is 2.84. The van der Waals surface area contributed by atoms with Gasteiger partial charge in [0, 0.05) is 0 Å². The van der Waals surface area contributed by atoms with E-state index in [1.165, 1.54) is 6.17 Å². The number of hydrogen-bond donors (Lipinski definition) is 0. The lowest BCUT2D eigenvalue weighted by atomic mass is 10.2. The van der Waals surface area contributed by atoms with Crippen molar-refractivity contribution >= 4 is 14.0 Å². The normalized spacial score (nSPS) is 12.3. The van der Waals surface area contributed by atoms with E-state index in [0.29, 0.717) is 12.2 Å². The fourth-order valence-electron chi connectivity index (χ4n) is 2.41. The van der Waals surface area contributed by atoms with Crippen LogP contribution in [-0.4, -0.2) is 51.9 Å². The zero-order valence-corrected chi connectivity index (χ0v) is 13.8. The van der Waals surface area contributed by atoms with Gasteiger partial charge in [-0.25, -0.2) is 4.79 Å². The molecule has 0 N–H and O–H groups in total. The quantitative estimate of drug-likeness (QED) is 0.455. The Labute approximate surface area is 117 Å². The van der Waals surface area contributed by atoms with E-state index in [9.17, 15) is 4.79 Å². The van der Waals surface area contributed by atoms with Crippen molar-refractivity contribution in [3.8, 4) is 0 Å². The van der Waals surface area contributed by atoms with Crippen LogP contribution < -0.4 is 0 Å². The first-order valence-electron chi connectivity index (χ1n) is 6.74. The van der Waals surface area contributed by atoms with Crippen molar-refractivity contribution in [3.63, 3.8) is 0 Å². The molecule has 0 atom stereocenters. The van der Waals surface area contributed by atoms with Gasteiger partial charge in [0.15, 0.2) is 0 Å². The lowest BCUT2D eigenvalue weighted by Crippen LogP contribution is -2.52. The van der Waals surface area contributed by atoms with Gasteiger partial charge >= 0.3 is 5.97 Å². The van der Waals surface area contributed by atoms with Crippen LogP contribution in [0, 0.1) is 0 Å². The van der Waals surface area contributed by atoms with Crippen LogP contribution in [0.2, 0.25) is 19.6 Å². The molecule has 0 fully saturated rings. The molecule has 0 saturated carbocycles. The summed E-state index contributed by atoms with van der Waals surface area (Å²) in [6.07, 6.45) is 1.19. The van der Waals surface area contributed by atoms with E-state index in [-0.39, 0.29) is 5.97 Å². The lowest BCUT2D eigenvalue weighted by molar-refractivity contribution is -0.880. The van der Waals surface area contributed by atoms with Gasteiger partial charge in [-0.1, -0.05) is 37.8 Å². The topological polar surface area (TPSA) is 26.3 Å². The second kappa shape index (κ2) is 6.35. The molecule has 0 bridgehead atoms. The number of carbonyl (C=O) groups is 1. The monoisotopic (exact) mass is 280 g/mol. The Morgan fingerprint density at radius 3 is 2.26 bits per heavy atom. The zero-order valence-electron chi connectivity index (χ0n) is 12.8. The Balaban J connectivity index is 2.40. The zero-order chi connectivity index (χ0) is 14.5. The standard InChI is InChI=1S/C15H26NO2Si/c1-16(2,13-19(3,4)5)11-12-18-15(17)14-9-7-6-8-10-14/h6-10H,11-13H2,1-5H3/q+1. The first-order chi connectivity index (χ1) is 8.70. The summed E-state index contributed by atoms with van der Waals surface area (Å²) in [4.78, 5) is 11.8. The third-order valence-corrected chi connectivity index (χ3v) is 4.65. The van der Waals surface area contributed by atoms with Crippen LogP contribution >= 0.6 is 0 Å². The van der Waals surface area contributed by atoms with E-state index in [1.807, 2.05) is 18.2 Å². The average Bonchev–Trinajstić information content (AvgIpc) is 2.26. The fourth-order valence-corrected chi connectivity index (χ4v) is 5.13. The van der Waals surface area contributed by atoms with Crippen LogP contribution in [0.3, 0.4) is 0 Å². The Morgan fingerprint density at radius 2 is 1.74 bits per heavy atom. The van der Waals surface area contributed by atoms with E-state index in [0.717, 1.165) is 11.0 Å². The van der Waals surface area contributed by atoms with Gasteiger partial charge in [-0.2, -0.15) is 0 Å². The summed E-state index contributed by atoms with van der Waals surface area (Å²) in [6.45, 7) is 8.43. The number of benzene rings is 1. The van der Waals surface area contributed by atoms with Gasteiger partial charge < -0.3 is 9.22 Å². The van der Waals surface area contributed by atoms with Gasteiger partial charge in [-0.15, -0.1) is 0 Å². The van der Waals surface area contributed by atoms with Crippen molar-refractivity contribution < 1.29 is 14.0 Å². The van der Waals surface area contributed by atoms with Crippen molar-refractivity contribution in [1.29, 1.82) is 0 Å². The van der Waals surface area contributed by atoms with Gasteiger partial charge in [0.05, 0.1) is 25.8 Å². The van der Waals surface area contributed by atoms with E-state index in [2.05, 4.69) is 33.7 Å². The van der Waals surface area contributed by atoms with Crippen molar-refractivity contribution in [3.05, 3.63) is 35.9 Å². The molecular weight excluding hydrogens is 254 g/mol. The minimum Gasteiger partial charge on any atom is -0.456 e. The van der Waals surface area contributed by atoms with E-state index < -0.39 is 8.07 Å². The molecule has 1 aromatic rings. The highest BCUT2D eigenvalue weighted by Crippen LogP contribution is 2.09. The maximum absolute atomic E-state index is 11.8. The molecule has 0 radical (unpaired) electrons. The van der Waals surface area contributed by atoms with Crippen LogP contribution in [-0.2, 0) is 4.74 Å². The van der Waals surface area contributed by atoms with Crippen LogP contribution in [0.15, 0.2) is 30.3 Å². The number of nitrogens with zero attached hydrogens (tertiary/aromatic N) is 1. The first-order valence-corrected chi connectivity index (χ1v) is 10.4. The van der Waals surface area contributed by atoms with Gasteiger partial charge in [-0.05, 0) is 12.1 Å². The van der Waals surface area contributed by atoms with Crippen LogP contribution in [0.1, 0.15) is 10.4 Å². The second-order valence-corrected chi connectivity index (χ2v) is 12.3. The maximum Gasteiger partial charge on any atom is 0.338 e. The molecule has 19 heavy (non-hydrogen) atoms. The van der Waals surface area contributed by atoms with Gasteiger partial charge in [0.25, 0.3) is 0 Å². The minimum atomic E-state index is -1.10. The number of carbonyl (C=O) groups excluding carboxylic acids is 1. The minimum absolute atomic E-state index is 0.228. The number of quaternary nitrogens is 1. The highest BCUT2D eigenvalue weighted by Gasteiger charge is 2.26. The molecule has 0 unspecified atom stereocenters. The molecule has 0 spiro atoms. The molecule has 0 heterocycles. The molecule has 3 nitrogen and oxygen atoms in total. The molecule has 0 saturated heterocycles.